The molecule has 0 spiro atoms. The van der Waals surface area contributed by atoms with Gasteiger partial charge in [-0.15, -0.1) is 11.6 Å². The molecule has 0 saturated heterocycles. The van der Waals surface area contributed by atoms with Gasteiger partial charge in [-0.05, 0) is 23.6 Å². The molecule has 1 atom stereocenters. The Labute approximate surface area is 84.7 Å². The van der Waals surface area contributed by atoms with E-state index in [2.05, 4.69) is 13.8 Å². The van der Waals surface area contributed by atoms with E-state index in [1.165, 1.54) is 0 Å². The third-order valence-electron chi connectivity index (χ3n) is 2.00. The van der Waals surface area contributed by atoms with Gasteiger partial charge in [0.2, 0.25) is 0 Å². The van der Waals surface area contributed by atoms with Gasteiger partial charge in [0.1, 0.15) is 5.75 Å². The Balaban J connectivity index is 2.88. The van der Waals surface area contributed by atoms with Gasteiger partial charge >= 0.3 is 0 Å². The van der Waals surface area contributed by atoms with E-state index in [0.717, 1.165) is 11.3 Å². The zero-order chi connectivity index (χ0) is 9.84. The number of ether oxygens (including phenoxy) is 1. The monoisotopic (exact) mass is 198 g/mol. The van der Waals surface area contributed by atoms with Crippen molar-refractivity contribution in [1.82, 2.24) is 0 Å². The molecule has 1 unspecified atom stereocenters. The highest BCUT2D eigenvalue weighted by molar-refractivity contribution is 6.20. The van der Waals surface area contributed by atoms with E-state index in [1.54, 1.807) is 7.11 Å². The summed E-state index contributed by atoms with van der Waals surface area (Å²) in [6.45, 7) is 4.22. The van der Waals surface area contributed by atoms with Crippen LogP contribution in [0.1, 0.15) is 24.8 Å². The van der Waals surface area contributed by atoms with Crippen molar-refractivity contribution in [2.75, 3.05) is 7.11 Å². The highest BCUT2D eigenvalue weighted by Crippen LogP contribution is 2.30. The van der Waals surface area contributed by atoms with E-state index in [4.69, 9.17) is 16.3 Å². The molecule has 0 bridgehead atoms. The van der Waals surface area contributed by atoms with Crippen LogP contribution < -0.4 is 4.74 Å². The molecule has 1 nitrogen and oxygen atoms in total. The van der Waals surface area contributed by atoms with Crippen LogP contribution in [-0.4, -0.2) is 7.11 Å². The van der Waals surface area contributed by atoms with Crippen LogP contribution in [0.3, 0.4) is 0 Å². The third-order valence-corrected chi connectivity index (χ3v) is 2.75. The molecule has 0 N–H and O–H groups in total. The van der Waals surface area contributed by atoms with Crippen LogP contribution in [0, 0.1) is 5.92 Å². The maximum Gasteiger partial charge on any atom is 0.119 e. The molecule has 0 radical (unpaired) electrons. The molecule has 2 heteroatoms. The highest BCUT2D eigenvalue weighted by atomic mass is 35.5. The minimum absolute atomic E-state index is 0.0649. The van der Waals surface area contributed by atoms with Crippen molar-refractivity contribution < 1.29 is 4.74 Å². The van der Waals surface area contributed by atoms with E-state index in [0.29, 0.717) is 5.92 Å². The molecule has 0 aliphatic carbocycles. The van der Waals surface area contributed by atoms with E-state index in [9.17, 15) is 0 Å². The SMILES string of the molecule is COc1cccc(C(Cl)C(C)C)c1. The van der Waals surface area contributed by atoms with Gasteiger partial charge in [0, 0.05) is 0 Å². The second-order valence-electron chi connectivity index (χ2n) is 3.42. The van der Waals surface area contributed by atoms with E-state index < -0.39 is 0 Å². The number of methoxy groups -OCH3 is 1. The maximum absolute atomic E-state index is 6.21. The van der Waals surface area contributed by atoms with Crippen molar-refractivity contribution in [3.8, 4) is 5.75 Å². The largest absolute Gasteiger partial charge is 0.497 e. The molecule has 0 aliphatic rings. The van der Waals surface area contributed by atoms with Crippen LogP contribution in [0.5, 0.6) is 5.75 Å². The summed E-state index contributed by atoms with van der Waals surface area (Å²) in [4.78, 5) is 0. The van der Waals surface area contributed by atoms with Gasteiger partial charge in [-0.3, -0.25) is 0 Å². The molecular formula is C11H15ClO. The van der Waals surface area contributed by atoms with Crippen LogP contribution in [0.2, 0.25) is 0 Å². The predicted molar refractivity (Wildman–Crippen MR) is 56.4 cm³/mol. The zero-order valence-electron chi connectivity index (χ0n) is 8.25. The Morgan fingerprint density at radius 1 is 1.31 bits per heavy atom. The number of alkyl halides is 1. The molecule has 0 aromatic heterocycles. The summed E-state index contributed by atoms with van der Waals surface area (Å²) in [5, 5.41) is 0.0649. The molecule has 0 saturated carbocycles. The predicted octanol–water partition coefficient (Wildman–Crippen LogP) is 3.63. The van der Waals surface area contributed by atoms with E-state index in [1.807, 2.05) is 24.3 Å². The number of hydrogen-bond donors (Lipinski definition) is 0. The number of rotatable bonds is 3. The molecule has 1 aromatic carbocycles. The lowest BCUT2D eigenvalue weighted by atomic mass is 10.0. The summed E-state index contributed by atoms with van der Waals surface area (Å²) >= 11 is 6.21. The Kier molecular flexibility index (Phi) is 3.61. The maximum atomic E-state index is 6.21. The average molecular weight is 199 g/mol. The first-order valence-electron chi connectivity index (χ1n) is 4.43. The number of benzene rings is 1. The van der Waals surface area contributed by atoms with Crippen LogP contribution >= 0.6 is 11.6 Å². The summed E-state index contributed by atoms with van der Waals surface area (Å²) in [5.41, 5.74) is 1.12. The van der Waals surface area contributed by atoms with Crippen molar-refractivity contribution in [1.29, 1.82) is 0 Å². The lowest BCUT2D eigenvalue weighted by molar-refractivity contribution is 0.414. The fourth-order valence-electron chi connectivity index (χ4n) is 1.20. The van der Waals surface area contributed by atoms with Crippen molar-refractivity contribution >= 4 is 11.6 Å². The standard InChI is InChI=1S/C11H15ClO/c1-8(2)11(12)9-5-4-6-10(7-9)13-3/h4-8,11H,1-3H3. The Bertz CT molecular complexity index is 271. The normalized spacial score (nSPS) is 13.0. The van der Waals surface area contributed by atoms with Gasteiger partial charge in [-0.2, -0.15) is 0 Å². The van der Waals surface area contributed by atoms with Gasteiger partial charge in [0.25, 0.3) is 0 Å². The zero-order valence-corrected chi connectivity index (χ0v) is 9.01. The first-order valence-corrected chi connectivity index (χ1v) is 4.87. The lowest BCUT2D eigenvalue weighted by Crippen LogP contribution is -1.99. The summed E-state index contributed by atoms with van der Waals surface area (Å²) < 4.78 is 5.13. The van der Waals surface area contributed by atoms with Crippen molar-refractivity contribution in [2.45, 2.75) is 19.2 Å². The molecule has 72 valence electrons. The molecule has 0 fully saturated rings. The quantitative estimate of drug-likeness (QED) is 0.674. The molecular weight excluding hydrogens is 184 g/mol. The minimum atomic E-state index is 0.0649. The Morgan fingerprint density at radius 3 is 2.54 bits per heavy atom. The van der Waals surface area contributed by atoms with Gasteiger partial charge in [0.15, 0.2) is 0 Å². The lowest BCUT2D eigenvalue weighted by Gasteiger charge is -2.14. The first kappa shape index (κ1) is 10.4. The van der Waals surface area contributed by atoms with Crippen LogP contribution in [0.15, 0.2) is 24.3 Å². The molecule has 0 amide bonds. The molecule has 0 aliphatic heterocycles. The Hall–Kier alpha value is -0.690. The molecule has 13 heavy (non-hydrogen) atoms. The van der Waals surface area contributed by atoms with Crippen molar-refractivity contribution in [3.63, 3.8) is 0 Å². The molecule has 0 heterocycles. The number of halogens is 1. The van der Waals surface area contributed by atoms with Crippen LogP contribution in [0.4, 0.5) is 0 Å². The minimum Gasteiger partial charge on any atom is -0.497 e. The summed E-state index contributed by atoms with van der Waals surface area (Å²) in [7, 11) is 1.66. The first-order chi connectivity index (χ1) is 6.15. The summed E-state index contributed by atoms with van der Waals surface area (Å²) in [6.07, 6.45) is 0. The van der Waals surface area contributed by atoms with Gasteiger partial charge in [-0.25, -0.2) is 0 Å². The topological polar surface area (TPSA) is 9.23 Å². The second-order valence-corrected chi connectivity index (χ2v) is 3.89. The van der Waals surface area contributed by atoms with Gasteiger partial charge in [-0.1, -0.05) is 26.0 Å². The fourth-order valence-corrected chi connectivity index (χ4v) is 1.33. The summed E-state index contributed by atoms with van der Waals surface area (Å²) in [5.74, 6) is 1.30. The smallest absolute Gasteiger partial charge is 0.119 e. The van der Waals surface area contributed by atoms with E-state index in [-0.39, 0.29) is 5.38 Å². The number of hydrogen-bond acceptors (Lipinski definition) is 1. The average Bonchev–Trinajstić information content (AvgIpc) is 2.16. The fraction of sp³-hybridized carbons (Fsp3) is 0.455. The molecule has 1 rings (SSSR count). The van der Waals surface area contributed by atoms with Crippen LogP contribution in [-0.2, 0) is 0 Å². The second kappa shape index (κ2) is 4.52. The van der Waals surface area contributed by atoms with Crippen molar-refractivity contribution in [3.05, 3.63) is 29.8 Å². The highest BCUT2D eigenvalue weighted by Gasteiger charge is 2.12. The van der Waals surface area contributed by atoms with Gasteiger partial charge < -0.3 is 4.74 Å². The van der Waals surface area contributed by atoms with E-state index >= 15 is 0 Å². The van der Waals surface area contributed by atoms with Crippen molar-refractivity contribution in [2.24, 2.45) is 5.92 Å². The van der Waals surface area contributed by atoms with Gasteiger partial charge in [0.05, 0.1) is 12.5 Å². The van der Waals surface area contributed by atoms with Crippen LogP contribution in [0.25, 0.3) is 0 Å². The Morgan fingerprint density at radius 2 is 2.00 bits per heavy atom. The third kappa shape index (κ3) is 2.63. The summed E-state index contributed by atoms with van der Waals surface area (Å²) in [6, 6.07) is 7.90. The molecule has 1 aromatic rings.